The smallest absolute Gasteiger partial charge is 0.309 e. The lowest BCUT2D eigenvalue weighted by atomic mass is 9.76. The summed E-state index contributed by atoms with van der Waals surface area (Å²) in [4.78, 5) is 35.2. The van der Waals surface area contributed by atoms with Crippen molar-refractivity contribution in [1.29, 1.82) is 0 Å². The zero-order chi connectivity index (χ0) is 20.3. The van der Waals surface area contributed by atoms with Crippen molar-refractivity contribution >= 4 is 17.7 Å². The number of carboxylic acid groups (broad SMARTS) is 2. The van der Waals surface area contributed by atoms with Crippen LogP contribution in [-0.2, 0) is 14.4 Å². The second-order valence-electron chi connectivity index (χ2n) is 8.43. The highest BCUT2D eigenvalue weighted by Crippen LogP contribution is 2.42. The number of hydrogen-bond donors (Lipinski definition) is 2. The van der Waals surface area contributed by atoms with Crippen LogP contribution in [-0.4, -0.2) is 27.9 Å². The molecule has 1 atom stereocenters. The normalized spacial score (nSPS) is 18.1. The summed E-state index contributed by atoms with van der Waals surface area (Å²) in [5.41, 5.74) is -1.17. The molecule has 1 aliphatic carbocycles. The highest BCUT2D eigenvalue weighted by molar-refractivity contribution is 5.78. The lowest BCUT2D eigenvalue weighted by molar-refractivity contribution is -0.150. The van der Waals surface area contributed by atoms with Crippen molar-refractivity contribution in [3.8, 4) is 0 Å². The molecule has 0 amide bonds. The Balaban J connectivity index is 2.24. The van der Waals surface area contributed by atoms with Gasteiger partial charge in [-0.05, 0) is 51.4 Å². The van der Waals surface area contributed by atoms with Gasteiger partial charge in [-0.3, -0.25) is 14.4 Å². The van der Waals surface area contributed by atoms with E-state index in [1.165, 1.54) is 0 Å². The molecule has 0 aliphatic heterocycles. The Kier molecular flexibility index (Phi) is 10.0. The minimum absolute atomic E-state index is 0.221. The maximum Gasteiger partial charge on any atom is 0.309 e. The summed E-state index contributed by atoms with van der Waals surface area (Å²) >= 11 is 0. The molecule has 0 saturated heterocycles. The van der Waals surface area contributed by atoms with Crippen LogP contribution in [0, 0.1) is 10.8 Å². The van der Waals surface area contributed by atoms with Crippen molar-refractivity contribution in [3.63, 3.8) is 0 Å². The SMILES string of the molecule is CCCC(CC)(CCCCC(=O)CCCCC1(C(=O)O)CCCC1)C(=O)O. The molecule has 2 N–H and O–H groups in total. The number of rotatable bonds is 15. The Morgan fingerprint density at radius 2 is 1.48 bits per heavy atom. The lowest BCUT2D eigenvalue weighted by Crippen LogP contribution is -2.30. The van der Waals surface area contributed by atoms with Crippen molar-refractivity contribution in [2.45, 2.75) is 110 Å². The van der Waals surface area contributed by atoms with Crippen molar-refractivity contribution in [3.05, 3.63) is 0 Å². The number of carbonyl (C=O) groups is 3. The molecule has 0 aromatic rings. The zero-order valence-electron chi connectivity index (χ0n) is 17.2. The second-order valence-corrected chi connectivity index (χ2v) is 8.43. The van der Waals surface area contributed by atoms with Gasteiger partial charge in [-0.2, -0.15) is 0 Å². The predicted molar refractivity (Wildman–Crippen MR) is 106 cm³/mol. The first kappa shape index (κ1) is 23.6. The van der Waals surface area contributed by atoms with E-state index < -0.39 is 22.8 Å². The van der Waals surface area contributed by atoms with Crippen LogP contribution in [0.3, 0.4) is 0 Å². The van der Waals surface area contributed by atoms with E-state index in [1.807, 2.05) is 13.8 Å². The van der Waals surface area contributed by atoms with Gasteiger partial charge in [0.25, 0.3) is 0 Å². The van der Waals surface area contributed by atoms with E-state index in [4.69, 9.17) is 0 Å². The van der Waals surface area contributed by atoms with E-state index in [0.29, 0.717) is 38.5 Å². The zero-order valence-corrected chi connectivity index (χ0v) is 17.2. The molecular formula is C22H38O5. The summed E-state index contributed by atoms with van der Waals surface area (Å²) in [6.07, 6.45) is 11.2. The molecular weight excluding hydrogens is 344 g/mol. The molecule has 1 aliphatic rings. The van der Waals surface area contributed by atoms with E-state index in [9.17, 15) is 24.6 Å². The van der Waals surface area contributed by atoms with Crippen molar-refractivity contribution in [2.75, 3.05) is 0 Å². The first-order chi connectivity index (χ1) is 12.8. The number of aliphatic carboxylic acids is 2. The number of carbonyl (C=O) groups excluding carboxylic acids is 1. The molecule has 0 heterocycles. The molecule has 0 bridgehead atoms. The first-order valence-electron chi connectivity index (χ1n) is 10.8. The molecule has 27 heavy (non-hydrogen) atoms. The van der Waals surface area contributed by atoms with Crippen LogP contribution in [0.1, 0.15) is 110 Å². The highest BCUT2D eigenvalue weighted by Gasteiger charge is 2.40. The summed E-state index contributed by atoms with van der Waals surface area (Å²) < 4.78 is 0. The van der Waals surface area contributed by atoms with Crippen molar-refractivity contribution < 1.29 is 24.6 Å². The van der Waals surface area contributed by atoms with Crippen LogP contribution >= 0.6 is 0 Å². The third-order valence-electron chi connectivity index (χ3n) is 6.60. The fourth-order valence-corrected chi connectivity index (χ4v) is 4.64. The van der Waals surface area contributed by atoms with Gasteiger partial charge in [0.15, 0.2) is 0 Å². The van der Waals surface area contributed by atoms with Gasteiger partial charge in [-0.15, -0.1) is 0 Å². The van der Waals surface area contributed by atoms with E-state index in [-0.39, 0.29) is 5.78 Å². The fraction of sp³-hybridized carbons (Fsp3) is 0.864. The molecule has 5 heteroatoms. The first-order valence-corrected chi connectivity index (χ1v) is 10.8. The molecule has 0 spiro atoms. The van der Waals surface area contributed by atoms with Crippen LogP contribution in [0.25, 0.3) is 0 Å². The largest absolute Gasteiger partial charge is 0.481 e. The second kappa shape index (κ2) is 11.5. The van der Waals surface area contributed by atoms with Crippen molar-refractivity contribution in [1.82, 2.24) is 0 Å². The van der Waals surface area contributed by atoms with Gasteiger partial charge in [-0.1, -0.05) is 46.0 Å². The van der Waals surface area contributed by atoms with E-state index >= 15 is 0 Å². The molecule has 5 nitrogen and oxygen atoms in total. The Morgan fingerprint density at radius 1 is 0.889 bits per heavy atom. The Morgan fingerprint density at radius 3 is 1.96 bits per heavy atom. The Labute approximate surface area is 163 Å². The van der Waals surface area contributed by atoms with Gasteiger partial charge in [0, 0.05) is 12.8 Å². The van der Waals surface area contributed by atoms with E-state index in [1.54, 1.807) is 0 Å². The van der Waals surface area contributed by atoms with Gasteiger partial charge in [0.2, 0.25) is 0 Å². The molecule has 0 aromatic heterocycles. The maximum absolute atomic E-state index is 12.1. The van der Waals surface area contributed by atoms with Crippen LogP contribution in [0.15, 0.2) is 0 Å². The predicted octanol–water partition coefficient (Wildman–Crippen LogP) is 5.60. The quantitative estimate of drug-likeness (QED) is 0.360. The fourth-order valence-electron chi connectivity index (χ4n) is 4.64. The molecule has 1 fully saturated rings. The molecule has 156 valence electrons. The number of unbranched alkanes of at least 4 members (excludes halogenated alkanes) is 2. The average Bonchev–Trinajstić information content (AvgIpc) is 3.11. The number of hydrogen-bond acceptors (Lipinski definition) is 3. The van der Waals surface area contributed by atoms with E-state index in [0.717, 1.165) is 57.8 Å². The van der Waals surface area contributed by atoms with Crippen LogP contribution in [0.2, 0.25) is 0 Å². The molecule has 0 radical (unpaired) electrons. The number of Topliss-reactive ketones (excluding diaryl/α,β-unsaturated/α-hetero) is 1. The summed E-state index contributed by atoms with van der Waals surface area (Å²) in [5.74, 6) is -1.16. The Bertz CT molecular complexity index is 493. The molecule has 1 unspecified atom stereocenters. The third kappa shape index (κ3) is 6.93. The van der Waals surface area contributed by atoms with Gasteiger partial charge in [0.1, 0.15) is 5.78 Å². The minimum atomic E-state index is -0.711. The molecule has 0 aromatic carbocycles. The van der Waals surface area contributed by atoms with Gasteiger partial charge in [0.05, 0.1) is 10.8 Å². The topological polar surface area (TPSA) is 91.7 Å². The maximum atomic E-state index is 12.1. The van der Waals surface area contributed by atoms with Crippen LogP contribution in [0.5, 0.6) is 0 Å². The lowest BCUT2D eigenvalue weighted by Gasteiger charge is -2.27. The third-order valence-corrected chi connectivity index (χ3v) is 6.60. The van der Waals surface area contributed by atoms with Crippen LogP contribution < -0.4 is 0 Å². The van der Waals surface area contributed by atoms with Gasteiger partial charge < -0.3 is 10.2 Å². The van der Waals surface area contributed by atoms with Crippen LogP contribution in [0.4, 0.5) is 0 Å². The Hall–Kier alpha value is -1.39. The van der Waals surface area contributed by atoms with Crippen molar-refractivity contribution in [2.24, 2.45) is 10.8 Å². The summed E-state index contributed by atoms with van der Waals surface area (Å²) in [7, 11) is 0. The average molecular weight is 383 g/mol. The number of ketones is 1. The summed E-state index contributed by atoms with van der Waals surface area (Å²) in [6.45, 7) is 3.94. The summed E-state index contributed by atoms with van der Waals surface area (Å²) in [5, 5.41) is 19.0. The monoisotopic (exact) mass is 382 g/mol. The summed E-state index contributed by atoms with van der Waals surface area (Å²) in [6, 6.07) is 0. The standard InChI is InChI=1S/C22H38O5/c1-3-13-21(4-2,19(24)25)14-7-5-11-18(23)12-6-8-15-22(20(26)27)16-9-10-17-22/h3-17H2,1-2H3,(H,24,25)(H,26,27). The molecule has 1 saturated carbocycles. The van der Waals surface area contributed by atoms with Gasteiger partial charge in [-0.25, -0.2) is 0 Å². The number of carboxylic acids is 2. The van der Waals surface area contributed by atoms with Gasteiger partial charge >= 0.3 is 11.9 Å². The highest BCUT2D eigenvalue weighted by atomic mass is 16.4. The van der Waals surface area contributed by atoms with E-state index in [2.05, 4.69) is 0 Å². The molecule has 1 rings (SSSR count). The minimum Gasteiger partial charge on any atom is -0.481 e.